The van der Waals surface area contributed by atoms with Crippen molar-refractivity contribution in [3.63, 3.8) is 0 Å². The van der Waals surface area contributed by atoms with Crippen LogP contribution in [-0.4, -0.2) is 9.97 Å². The first-order valence-electron chi connectivity index (χ1n) is 5.43. The number of hydrogen-bond donors (Lipinski definition) is 0. The number of aromatic nitrogens is 2. The van der Waals surface area contributed by atoms with Crippen molar-refractivity contribution in [1.82, 2.24) is 9.97 Å². The first-order chi connectivity index (χ1) is 9.19. The number of hydrogen-bond acceptors (Lipinski definition) is 4. The summed E-state index contributed by atoms with van der Waals surface area (Å²) in [5.41, 5.74) is 3.10. The second kappa shape index (κ2) is 7.97. The summed E-state index contributed by atoms with van der Waals surface area (Å²) in [6, 6.07) is 11.1. The van der Waals surface area contributed by atoms with Crippen molar-refractivity contribution in [3.05, 3.63) is 59.2 Å². The molecule has 0 unspecified atom stereocenters. The highest BCUT2D eigenvalue weighted by Crippen LogP contribution is 2.02. The minimum absolute atomic E-state index is 0.602. The Bertz CT molecular complexity index is 591. The summed E-state index contributed by atoms with van der Waals surface area (Å²) in [6.45, 7) is 1.89. The van der Waals surface area contributed by atoms with Crippen LogP contribution in [0.4, 0.5) is 0 Å². The Morgan fingerprint density at radius 1 is 1.00 bits per heavy atom. The minimum atomic E-state index is 0.602. The number of nitriles is 2. The van der Waals surface area contributed by atoms with Crippen LogP contribution in [0.2, 0.25) is 0 Å². The minimum Gasteiger partial charge on any atom is -0.260 e. The van der Waals surface area contributed by atoms with Crippen LogP contribution in [0.5, 0.6) is 0 Å². The van der Waals surface area contributed by atoms with E-state index in [1.54, 1.807) is 24.5 Å². The number of nitrogens with zero attached hydrogens (tertiary/aromatic N) is 4. The smallest absolute Gasteiger partial charge is 0.101 e. The van der Waals surface area contributed by atoms with Crippen molar-refractivity contribution >= 4 is 15.9 Å². The van der Waals surface area contributed by atoms with Crippen LogP contribution in [0.1, 0.15) is 22.5 Å². The first kappa shape index (κ1) is 14.8. The molecule has 0 aliphatic rings. The fourth-order valence-electron chi connectivity index (χ4n) is 1.10. The average Bonchev–Trinajstić information content (AvgIpc) is 2.49. The van der Waals surface area contributed by atoms with Crippen LogP contribution in [0.15, 0.2) is 36.7 Å². The van der Waals surface area contributed by atoms with Gasteiger partial charge in [0.05, 0.1) is 16.8 Å². The largest absolute Gasteiger partial charge is 0.260 e. The molecule has 0 bridgehead atoms. The standard InChI is InChI=1S/C7H5BrN2.C7H6N2/c8-3-7-2-1-6(4-9)5-10-7;1-6-2-3-7(4-8)5-9-6/h1-2,5H,3H2;2-3,5H,1H3. The van der Waals surface area contributed by atoms with Gasteiger partial charge in [-0.15, -0.1) is 0 Å². The highest BCUT2D eigenvalue weighted by molar-refractivity contribution is 9.08. The van der Waals surface area contributed by atoms with Crippen LogP contribution in [0.25, 0.3) is 0 Å². The van der Waals surface area contributed by atoms with Gasteiger partial charge in [-0.3, -0.25) is 9.97 Å². The molecule has 0 saturated carbocycles. The Morgan fingerprint density at radius 3 is 1.95 bits per heavy atom. The molecule has 2 aromatic heterocycles. The molecule has 4 nitrogen and oxygen atoms in total. The third kappa shape index (κ3) is 5.29. The molecular formula is C14H11BrN4. The SMILES string of the molecule is Cc1ccc(C#N)cn1.N#Cc1ccc(CBr)nc1. The molecule has 0 atom stereocenters. The zero-order valence-electron chi connectivity index (χ0n) is 10.3. The van der Waals surface area contributed by atoms with Crippen molar-refractivity contribution in [2.24, 2.45) is 0 Å². The molecule has 0 aromatic carbocycles. The molecule has 94 valence electrons. The van der Waals surface area contributed by atoms with E-state index in [1.165, 1.54) is 0 Å². The molecule has 19 heavy (non-hydrogen) atoms. The van der Waals surface area contributed by atoms with Gasteiger partial charge in [0.1, 0.15) is 12.1 Å². The molecule has 2 heterocycles. The summed E-state index contributed by atoms with van der Waals surface area (Å²) < 4.78 is 0. The second-order valence-corrected chi connectivity index (χ2v) is 4.14. The fraction of sp³-hybridized carbons (Fsp3) is 0.143. The van der Waals surface area contributed by atoms with E-state index in [9.17, 15) is 0 Å². The molecule has 0 fully saturated rings. The average molecular weight is 315 g/mol. The quantitative estimate of drug-likeness (QED) is 0.758. The van der Waals surface area contributed by atoms with Gasteiger partial charge in [-0.2, -0.15) is 10.5 Å². The molecule has 0 radical (unpaired) electrons. The molecule has 2 rings (SSSR count). The van der Waals surface area contributed by atoms with Gasteiger partial charge in [0.25, 0.3) is 0 Å². The molecular weight excluding hydrogens is 304 g/mol. The van der Waals surface area contributed by atoms with Gasteiger partial charge in [0.2, 0.25) is 0 Å². The van der Waals surface area contributed by atoms with Crippen molar-refractivity contribution in [3.8, 4) is 12.1 Å². The Hall–Kier alpha value is -2.24. The van der Waals surface area contributed by atoms with Crippen LogP contribution < -0.4 is 0 Å². The lowest BCUT2D eigenvalue weighted by molar-refractivity contribution is 1.17. The van der Waals surface area contributed by atoms with E-state index in [2.05, 4.69) is 25.9 Å². The third-order valence-electron chi connectivity index (χ3n) is 2.13. The maximum absolute atomic E-state index is 8.40. The number of halogens is 1. The molecule has 0 aliphatic carbocycles. The van der Waals surface area contributed by atoms with E-state index in [-0.39, 0.29) is 0 Å². The Labute approximate surface area is 120 Å². The summed E-state index contributed by atoms with van der Waals surface area (Å²) in [5.74, 6) is 0. The Morgan fingerprint density at radius 2 is 1.58 bits per heavy atom. The van der Waals surface area contributed by atoms with Crippen LogP contribution >= 0.6 is 15.9 Å². The van der Waals surface area contributed by atoms with Crippen molar-refractivity contribution < 1.29 is 0 Å². The van der Waals surface area contributed by atoms with E-state index < -0.39 is 0 Å². The van der Waals surface area contributed by atoms with E-state index >= 15 is 0 Å². The molecule has 0 aliphatic heterocycles. The maximum atomic E-state index is 8.40. The molecule has 0 amide bonds. The van der Waals surface area contributed by atoms with Crippen molar-refractivity contribution in [2.45, 2.75) is 12.3 Å². The molecule has 0 spiro atoms. The zero-order valence-corrected chi connectivity index (χ0v) is 11.9. The normalized spacial score (nSPS) is 8.63. The molecule has 5 heteroatoms. The van der Waals surface area contributed by atoms with Gasteiger partial charge in [-0.1, -0.05) is 15.9 Å². The van der Waals surface area contributed by atoms with Crippen molar-refractivity contribution in [2.75, 3.05) is 0 Å². The van der Waals surface area contributed by atoms with Crippen molar-refractivity contribution in [1.29, 1.82) is 10.5 Å². The lowest BCUT2D eigenvalue weighted by atomic mass is 10.3. The number of alkyl halides is 1. The Balaban J connectivity index is 0.000000191. The molecule has 2 aromatic rings. The first-order valence-corrected chi connectivity index (χ1v) is 6.55. The van der Waals surface area contributed by atoms with Gasteiger partial charge in [-0.25, -0.2) is 0 Å². The van der Waals surface area contributed by atoms with Gasteiger partial charge >= 0.3 is 0 Å². The topological polar surface area (TPSA) is 73.4 Å². The summed E-state index contributed by atoms with van der Waals surface area (Å²) in [5, 5.41) is 17.5. The van der Waals surface area contributed by atoms with E-state index in [1.807, 2.05) is 31.2 Å². The van der Waals surface area contributed by atoms with Crippen LogP contribution in [0, 0.1) is 29.6 Å². The number of pyridine rings is 2. The van der Waals surface area contributed by atoms with Crippen LogP contribution in [-0.2, 0) is 5.33 Å². The van der Waals surface area contributed by atoms with Gasteiger partial charge in [-0.05, 0) is 31.2 Å². The Kier molecular flexibility index (Phi) is 6.21. The highest BCUT2D eigenvalue weighted by Gasteiger charge is 1.90. The molecule has 0 saturated heterocycles. The lowest BCUT2D eigenvalue weighted by Crippen LogP contribution is -1.83. The van der Waals surface area contributed by atoms with Gasteiger partial charge in [0, 0.05) is 23.4 Å². The second-order valence-electron chi connectivity index (χ2n) is 3.58. The summed E-state index contributed by atoms with van der Waals surface area (Å²) >= 11 is 3.26. The van der Waals surface area contributed by atoms with Gasteiger partial charge in [0.15, 0.2) is 0 Å². The van der Waals surface area contributed by atoms with E-state index in [0.29, 0.717) is 11.1 Å². The molecule has 0 N–H and O–H groups in total. The number of aryl methyl sites for hydroxylation is 1. The van der Waals surface area contributed by atoms with E-state index in [4.69, 9.17) is 10.5 Å². The monoisotopic (exact) mass is 314 g/mol. The lowest BCUT2D eigenvalue weighted by Gasteiger charge is -1.91. The number of rotatable bonds is 1. The maximum Gasteiger partial charge on any atom is 0.101 e. The fourth-order valence-corrected chi connectivity index (χ4v) is 1.44. The summed E-state index contributed by atoms with van der Waals surface area (Å²) in [6.07, 6.45) is 3.13. The predicted molar refractivity (Wildman–Crippen MR) is 75.3 cm³/mol. The summed E-state index contributed by atoms with van der Waals surface area (Å²) in [4.78, 5) is 7.93. The zero-order chi connectivity index (χ0) is 14.1. The van der Waals surface area contributed by atoms with Crippen LogP contribution in [0.3, 0.4) is 0 Å². The highest BCUT2D eigenvalue weighted by atomic mass is 79.9. The van der Waals surface area contributed by atoms with E-state index in [0.717, 1.165) is 16.7 Å². The predicted octanol–water partition coefficient (Wildman–Crippen LogP) is 3.11. The van der Waals surface area contributed by atoms with Gasteiger partial charge < -0.3 is 0 Å². The summed E-state index contributed by atoms with van der Waals surface area (Å²) in [7, 11) is 0. The third-order valence-corrected chi connectivity index (χ3v) is 2.71.